The lowest BCUT2D eigenvalue weighted by molar-refractivity contribution is -0.117. The Morgan fingerprint density at radius 3 is 2.45 bits per heavy atom. The Bertz CT molecular complexity index is 646. The number of amides is 1. The van der Waals surface area contributed by atoms with E-state index >= 15 is 0 Å². The van der Waals surface area contributed by atoms with Crippen LogP contribution >= 0.6 is 0 Å². The van der Waals surface area contributed by atoms with Crippen molar-refractivity contribution in [2.45, 2.75) is 20.4 Å². The number of rotatable bonds is 4. The maximum atomic E-state index is 11.9. The molecule has 104 valence electrons. The van der Waals surface area contributed by atoms with E-state index in [1.807, 2.05) is 19.1 Å². The maximum Gasteiger partial charge on any atom is 0.358 e. The van der Waals surface area contributed by atoms with Gasteiger partial charge in [-0.15, -0.1) is 5.10 Å². The first-order valence-corrected chi connectivity index (χ1v) is 5.97. The molecule has 2 N–H and O–H groups in total. The van der Waals surface area contributed by atoms with Gasteiger partial charge in [0.15, 0.2) is 5.69 Å². The van der Waals surface area contributed by atoms with Gasteiger partial charge in [-0.05, 0) is 26.0 Å². The number of nitrogens with zero attached hydrogens (tertiary/aromatic N) is 3. The first kappa shape index (κ1) is 13.7. The first-order valence-electron chi connectivity index (χ1n) is 5.97. The van der Waals surface area contributed by atoms with E-state index in [4.69, 9.17) is 5.11 Å². The monoisotopic (exact) mass is 274 g/mol. The second kappa shape index (κ2) is 5.52. The Morgan fingerprint density at radius 2 is 1.90 bits per heavy atom. The van der Waals surface area contributed by atoms with Crippen LogP contribution in [0.1, 0.15) is 21.7 Å². The van der Waals surface area contributed by atoms with Crippen molar-refractivity contribution in [2.75, 3.05) is 5.32 Å². The molecule has 2 aromatic rings. The van der Waals surface area contributed by atoms with Crippen LogP contribution in [-0.2, 0) is 11.3 Å². The summed E-state index contributed by atoms with van der Waals surface area (Å²) in [6.07, 6.45) is 0. The summed E-state index contributed by atoms with van der Waals surface area (Å²) in [5.41, 5.74) is 1.97. The second-order valence-electron chi connectivity index (χ2n) is 4.40. The molecule has 7 heteroatoms. The number of aryl methyl sites for hydroxylation is 1. The predicted molar refractivity (Wildman–Crippen MR) is 71.5 cm³/mol. The van der Waals surface area contributed by atoms with Crippen LogP contribution in [-0.4, -0.2) is 32.0 Å². The zero-order valence-corrected chi connectivity index (χ0v) is 11.1. The third kappa shape index (κ3) is 3.00. The van der Waals surface area contributed by atoms with E-state index in [1.165, 1.54) is 4.68 Å². The number of carbonyl (C=O) groups excluding carboxylic acids is 1. The Hall–Kier alpha value is -2.70. The molecule has 0 aliphatic heterocycles. The average Bonchev–Trinajstić information content (AvgIpc) is 2.74. The van der Waals surface area contributed by atoms with Crippen LogP contribution < -0.4 is 5.32 Å². The van der Waals surface area contributed by atoms with Crippen LogP contribution in [0.5, 0.6) is 0 Å². The highest BCUT2D eigenvalue weighted by atomic mass is 16.4. The summed E-state index contributed by atoms with van der Waals surface area (Å²) in [6, 6.07) is 7.37. The lowest BCUT2D eigenvalue weighted by Gasteiger charge is -2.06. The summed E-state index contributed by atoms with van der Waals surface area (Å²) in [4.78, 5) is 22.7. The minimum Gasteiger partial charge on any atom is -0.476 e. The molecule has 20 heavy (non-hydrogen) atoms. The minimum absolute atomic E-state index is 0.0833. The van der Waals surface area contributed by atoms with E-state index < -0.39 is 5.97 Å². The molecule has 1 aromatic carbocycles. The molecule has 0 radical (unpaired) electrons. The summed E-state index contributed by atoms with van der Waals surface area (Å²) >= 11 is 0. The van der Waals surface area contributed by atoms with Gasteiger partial charge in [0.2, 0.25) is 5.91 Å². The number of hydrogen-bond donors (Lipinski definition) is 2. The van der Waals surface area contributed by atoms with Crippen molar-refractivity contribution in [3.8, 4) is 0 Å². The second-order valence-corrected chi connectivity index (χ2v) is 4.40. The van der Waals surface area contributed by atoms with E-state index in [0.717, 1.165) is 5.56 Å². The molecule has 1 aromatic heterocycles. The van der Waals surface area contributed by atoms with Gasteiger partial charge >= 0.3 is 5.97 Å². The van der Waals surface area contributed by atoms with Gasteiger partial charge in [-0.1, -0.05) is 22.9 Å². The Kier molecular flexibility index (Phi) is 3.79. The molecule has 2 rings (SSSR count). The normalized spacial score (nSPS) is 10.3. The zero-order valence-electron chi connectivity index (χ0n) is 11.1. The molecule has 0 spiro atoms. The Labute approximate surface area is 115 Å². The molecule has 0 atom stereocenters. The van der Waals surface area contributed by atoms with Crippen molar-refractivity contribution in [2.24, 2.45) is 0 Å². The van der Waals surface area contributed by atoms with Gasteiger partial charge in [0.1, 0.15) is 6.54 Å². The first-order chi connectivity index (χ1) is 9.47. The molecule has 1 heterocycles. The summed E-state index contributed by atoms with van der Waals surface area (Å²) in [7, 11) is 0. The molecular formula is C13H14N4O3. The van der Waals surface area contributed by atoms with E-state index in [0.29, 0.717) is 11.4 Å². The van der Waals surface area contributed by atoms with Crippen molar-refractivity contribution in [3.05, 3.63) is 41.2 Å². The molecule has 0 saturated carbocycles. The highest BCUT2D eigenvalue weighted by molar-refractivity contribution is 5.91. The molecule has 7 nitrogen and oxygen atoms in total. The fraction of sp³-hybridized carbons (Fsp3) is 0.231. The van der Waals surface area contributed by atoms with Crippen molar-refractivity contribution < 1.29 is 14.7 Å². The quantitative estimate of drug-likeness (QED) is 0.874. The van der Waals surface area contributed by atoms with E-state index in [1.54, 1.807) is 19.1 Å². The fourth-order valence-corrected chi connectivity index (χ4v) is 1.68. The Balaban J connectivity index is 2.05. The van der Waals surface area contributed by atoms with Crippen molar-refractivity contribution in [3.63, 3.8) is 0 Å². The standard InChI is InChI=1S/C13H14N4O3/c1-8-3-5-10(6-4-8)14-11(18)7-17-9(2)12(13(19)20)15-16-17/h3-6H,7H2,1-2H3,(H,14,18)(H,19,20). The highest BCUT2D eigenvalue weighted by Gasteiger charge is 2.16. The smallest absolute Gasteiger partial charge is 0.358 e. The molecular weight excluding hydrogens is 260 g/mol. The largest absolute Gasteiger partial charge is 0.476 e. The van der Waals surface area contributed by atoms with Crippen LogP contribution in [0, 0.1) is 13.8 Å². The van der Waals surface area contributed by atoms with Gasteiger partial charge in [0, 0.05) is 5.69 Å². The van der Waals surface area contributed by atoms with E-state index in [2.05, 4.69) is 15.6 Å². The number of nitrogens with one attached hydrogen (secondary N) is 1. The number of hydrogen-bond acceptors (Lipinski definition) is 4. The van der Waals surface area contributed by atoms with E-state index in [9.17, 15) is 9.59 Å². The number of carboxylic acid groups (broad SMARTS) is 1. The molecule has 1 amide bonds. The summed E-state index contributed by atoms with van der Waals surface area (Å²) in [5, 5.41) is 18.7. The fourth-order valence-electron chi connectivity index (χ4n) is 1.68. The zero-order chi connectivity index (χ0) is 14.7. The third-order valence-corrected chi connectivity index (χ3v) is 2.81. The summed E-state index contributed by atoms with van der Waals surface area (Å²) in [6.45, 7) is 3.43. The van der Waals surface area contributed by atoms with Gasteiger partial charge in [-0.2, -0.15) is 0 Å². The van der Waals surface area contributed by atoms with Crippen LogP contribution in [0.25, 0.3) is 0 Å². The van der Waals surface area contributed by atoms with Crippen molar-refractivity contribution in [1.29, 1.82) is 0 Å². The topological polar surface area (TPSA) is 97.1 Å². The predicted octanol–water partition coefficient (Wildman–Crippen LogP) is 1.23. The van der Waals surface area contributed by atoms with E-state index in [-0.39, 0.29) is 18.1 Å². The number of carboxylic acids is 1. The van der Waals surface area contributed by atoms with Gasteiger partial charge in [0.05, 0.1) is 5.69 Å². The number of carbonyl (C=O) groups is 2. The molecule has 0 bridgehead atoms. The molecule has 0 aliphatic carbocycles. The van der Waals surface area contributed by atoms with Crippen molar-refractivity contribution >= 4 is 17.6 Å². The van der Waals surface area contributed by atoms with Gasteiger partial charge in [-0.25, -0.2) is 9.48 Å². The summed E-state index contributed by atoms with van der Waals surface area (Å²) in [5.74, 6) is -1.45. The molecule has 0 unspecified atom stereocenters. The average molecular weight is 274 g/mol. The van der Waals surface area contributed by atoms with Gasteiger partial charge < -0.3 is 10.4 Å². The number of anilines is 1. The number of aromatic nitrogens is 3. The summed E-state index contributed by atoms with van der Waals surface area (Å²) < 4.78 is 1.26. The van der Waals surface area contributed by atoms with Gasteiger partial charge in [-0.3, -0.25) is 4.79 Å². The third-order valence-electron chi connectivity index (χ3n) is 2.81. The van der Waals surface area contributed by atoms with Gasteiger partial charge in [0.25, 0.3) is 0 Å². The minimum atomic E-state index is -1.16. The SMILES string of the molecule is Cc1ccc(NC(=O)Cn2nnc(C(=O)O)c2C)cc1. The lowest BCUT2D eigenvalue weighted by atomic mass is 10.2. The molecule has 0 fully saturated rings. The van der Waals surface area contributed by atoms with Crippen LogP contribution in [0.2, 0.25) is 0 Å². The van der Waals surface area contributed by atoms with Crippen molar-refractivity contribution in [1.82, 2.24) is 15.0 Å². The van der Waals surface area contributed by atoms with Crippen LogP contribution in [0.4, 0.5) is 5.69 Å². The van der Waals surface area contributed by atoms with Crippen LogP contribution in [0.3, 0.4) is 0 Å². The highest BCUT2D eigenvalue weighted by Crippen LogP contribution is 2.09. The number of aromatic carboxylic acids is 1. The number of benzene rings is 1. The maximum absolute atomic E-state index is 11.9. The Morgan fingerprint density at radius 1 is 1.25 bits per heavy atom. The molecule has 0 saturated heterocycles. The molecule has 0 aliphatic rings. The van der Waals surface area contributed by atoms with Crippen LogP contribution in [0.15, 0.2) is 24.3 Å². The lowest BCUT2D eigenvalue weighted by Crippen LogP contribution is -2.20.